The van der Waals surface area contributed by atoms with Crippen LogP contribution >= 0.6 is 11.8 Å². The zero-order valence-electron chi connectivity index (χ0n) is 14.0. The van der Waals surface area contributed by atoms with E-state index in [9.17, 15) is 5.11 Å². The molecule has 0 aliphatic heterocycles. The van der Waals surface area contributed by atoms with Crippen LogP contribution in [0.15, 0.2) is 29.4 Å². The first-order valence-electron chi connectivity index (χ1n) is 7.75. The molecule has 0 spiro atoms. The molecule has 0 aliphatic rings. The number of nitrogens with zero attached hydrogens (tertiary/aromatic N) is 3. The van der Waals surface area contributed by atoms with Crippen LogP contribution in [0.4, 0.5) is 11.8 Å². The molecule has 1 atom stereocenters. The van der Waals surface area contributed by atoms with Gasteiger partial charge in [-0.15, -0.1) is 0 Å². The van der Waals surface area contributed by atoms with E-state index in [4.69, 9.17) is 10.5 Å². The highest BCUT2D eigenvalue weighted by Gasteiger charge is 2.14. The molecule has 5 N–H and O–H groups in total. The van der Waals surface area contributed by atoms with E-state index in [0.717, 1.165) is 11.3 Å². The smallest absolute Gasteiger partial charge is 0.199 e. The van der Waals surface area contributed by atoms with Gasteiger partial charge in [0.15, 0.2) is 28.1 Å². The fourth-order valence-electron chi connectivity index (χ4n) is 2.25. The molecule has 0 saturated heterocycles. The average molecular weight is 360 g/mol. The van der Waals surface area contributed by atoms with Gasteiger partial charge < -0.3 is 25.9 Å². The summed E-state index contributed by atoms with van der Waals surface area (Å²) in [4.78, 5) is 16.1. The maximum absolute atomic E-state index is 9.27. The predicted octanol–water partition coefficient (Wildman–Crippen LogP) is 2.03. The van der Waals surface area contributed by atoms with Crippen molar-refractivity contribution >= 4 is 34.7 Å². The highest BCUT2D eigenvalue weighted by Crippen LogP contribution is 2.27. The Morgan fingerprint density at radius 1 is 1.36 bits per heavy atom. The summed E-state index contributed by atoms with van der Waals surface area (Å²) in [6, 6.07) is 7.70. The molecule has 3 rings (SSSR count). The van der Waals surface area contributed by atoms with E-state index >= 15 is 0 Å². The van der Waals surface area contributed by atoms with Crippen molar-refractivity contribution in [2.24, 2.45) is 0 Å². The van der Waals surface area contributed by atoms with Gasteiger partial charge in [0.1, 0.15) is 5.75 Å². The Hall–Kier alpha value is -2.52. The number of aliphatic hydroxyl groups excluding tert-OH is 1. The number of aromatic amines is 1. The number of imidazole rings is 1. The van der Waals surface area contributed by atoms with Gasteiger partial charge >= 0.3 is 0 Å². The normalized spacial score (nSPS) is 12.3. The van der Waals surface area contributed by atoms with Crippen LogP contribution in [0, 0.1) is 0 Å². The number of methoxy groups -OCH3 is 1. The van der Waals surface area contributed by atoms with Crippen LogP contribution in [-0.2, 0) is 5.75 Å². The van der Waals surface area contributed by atoms with Crippen molar-refractivity contribution in [3.63, 3.8) is 0 Å². The Morgan fingerprint density at radius 2 is 2.20 bits per heavy atom. The fourth-order valence-corrected chi connectivity index (χ4v) is 3.04. The molecule has 0 bridgehead atoms. The van der Waals surface area contributed by atoms with Gasteiger partial charge in [0.2, 0.25) is 0 Å². The van der Waals surface area contributed by atoms with Gasteiger partial charge in [-0.3, -0.25) is 0 Å². The lowest BCUT2D eigenvalue weighted by molar-refractivity contribution is 0.281. The number of benzene rings is 1. The second-order valence-corrected chi connectivity index (χ2v) is 6.48. The number of aromatic nitrogens is 4. The van der Waals surface area contributed by atoms with E-state index in [1.54, 1.807) is 7.11 Å². The number of nitrogens with one attached hydrogen (secondary N) is 2. The van der Waals surface area contributed by atoms with E-state index in [0.29, 0.717) is 27.9 Å². The first-order valence-corrected chi connectivity index (χ1v) is 8.74. The number of H-pyrrole nitrogens is 1. The molecule has 2 heterocycles. The Balaban J connectivity index is 1.85. The van der Waals surface area contributed by atoms with Gasteiger partial charge in [-0.05, 0) is 24.6 Å². The minimum Gasteiger partial charge on any atom is -0.497 e. The lowest BCUT2D eigenvalue weighted by Crippen LogP contribution is -2.20. The first-order chi connectivity index (χ1) is 12.1. The molecule has 3 aromatic rings. The maximum atomic E-state index is 9.27. The Kier molecular flexibility index (Phi) is 5.25. The summed E-state index contributed by atoms with van der Waals surface area (Å²) in [5.41, 5.74) is 7.97. The predicted molar refractivity (Wildman–Crippen MR) is 98.8 cm³/mol. The zero-order chi connectivity index (χ0) is 17.8. The molecule has 25 heavy (non-hydrogen) atoms. The number of ether oxygens (including phenoxy) is 1. The molecule has 2 aromatic heterocycles. The maximum Gasteiger partial charge on any atom is 0.199 e. The molecular weight excluding hydrogens is 340 g/mol. The van der Waals surface area contributed by atoms with E-state index in [2.05, 4.69) is 25.3 Å². The van der Waals surface area contributed by atoms with Crippen molar-refractivity contribution in [3.05, 3.63) is 29.8 Å². The molecule has 0 unspecified atom stereocenters. The van der Waals surface area contributed by atoms with Crippen molar-refractivity contribution in [2.45, 2.75) is 23.9 Å². The number of rotatable bonds is 7. The van der Waals surface area contributed by atoms with E-state index in [1.807, 2.05) is 31.2 Å². The van der Waals surface area contributed by atoms with Crippen LogP contribution < -0.4 is 15.8 Å². The number of nitrogen functional groups attached to an aromatic ring is 1. The van der Waals surface area contributed by atoms with Crippen molar-refractivity contribution in [1.82, 2.24) is 19.9 Å². The molecule has 0 radical (unpaired) electrons. The summed E-state index contributed by atoms with van der Waals surface area (Å²) in [6.45, 7) is 1.84. The number of thioether (sulfide) groups is 1. The standard InChI is InChI=1S/C16H20N6O2S/c1-9(7-23)18-13-12-14(20-15(17)19-12)22-16(21-13)25-8-10-4-3-5-11(6-10)24-2/h3-6,9,23H,7-8H2,1-2H3,(H4,17,18,19,20,21,22)/t9-/m1/s1. The van der Waals surface area contributed by atoms with Gasteiger partial charge in [0.05, 0.1) is 13.7 Å². The Bertz CT molecular complexity index is 869. The third kappa shape index (κ3) is 4.12. The minimum absolute atomic E-state index is 0.0162. The van der Waals surface area contributed by atoms with Crippen LogP contribution in [0.1, 0.15) is 12.5 Å². The number of fused-ring (bicyclic) bond motifs is 1. The topological polar surface area (TPSA) is 122 Å². The van der Waals surface area contributed by atoms with Crippen LogP contribution in [0.2, 0.25) is 0 Å². The summed E-state index contributed by atoms with van der Waals surface area (Å²) < 4.78 is 5.24. The third-order valence-electron chi connectivity index (χ3n) is 3.50. The summed E-state index contributed by atoms with van der Waals surface area (Å²) in [7, 11) is 1.65. The quantitative estimate of drug-likeness (QED) is 0.373. The van der Waals surface area contributed by atoms with Gasteiger partial charge in [0, 0.05) is 11.8 Å². The monoisotopic (exact) mass is 360 g/mol. The summed E-state index contributed by atoms with van der Waals surface area (Å²) in [5.74, 6) is 2.34. The van der Waals surface area contributed by atoms with Gasteiger partial charge in [-0.2, -0.15) is 0 Å². The number of nitrogens with two attached hydrogens (primary N) is 1. The molecular formula is C16H20N6O2S. The number of hydrogen-bond donors (Lipinski definition) is 4. The molecule has 0 aliphatic carbocycles. The van der Waals surface area contributed by atoms with Crippen LogP contribution in [0.5, 0.6) is 5.75 Å². The van der Waals surface area contributed by atoms with Gasteiger partial charge in [-0.25, -0.2) is 15.0 Å². The van der Waals surface area contributed by atoms with Crippen molar-refractivity contribution < 1.29 is 9.84 Å². The first kappa shape index (κ1) is 17.3. The summed E-state index contributed by atoms with van der Waals surface area (Å²) in [5, 5.41) is 13.0. The lowest BCUT2D eigenvalue weighted by Gasteiger charge is -2.12. The molecule has 0 amide bonds. The highest BCUT2D eigenvalue weighted by atomic mass is 32.2. The lowest BCUT2D eigenvalue weighted by atomic mass is 10.2. The Labute approximate surface area is 149 Å². The SMILES string of the molecule is COc1cccc(CSc2nc(N[C@H](C)CO)c3nc(N)[nH]c3n2)c1. The van der Waals surface area contributed by atoms with Crippen molar-refractivity contribution in [2.75, 3.05) is 24.8 Å². The molecule has 9 heteroatoms. The second-order valence-electron chi connectivity index (χ2n) is 5.54. The largest absolute Gasteiger partial charge is 0.497 e. The summed E-state index contributed by atoms with van der Waals surface area (Å²) in [6.07, 6.45) is 0. The molecule has 0 saturated carbocycles. The molecule has 0 fully saturated rings. The number of hydrogen-bond acceptors (Lipinski definition) is 8. The molecule has 8 nitrogen and oxygen atoms in total. The van der Waals surface area contributed by atoms with E-state index in [-0.39, 0.29) is 18.6 Å². The van der Waals surface area contributed by atoms with Crippen LogP contribution in [-0.4, -0.2) is 44.8 Å². The highest BCUT2D eigenvalue weighted by molar-refractivity contribution is 7.98. The van der Waals surface area contributed by atoms with Gasteiger partial charge in [-0.1, -0.05) is 23.9 Å². The van der Waals surface area contributed by atoms with Gasteiger partial charge in [0.25, 0.3) is 0 Å². The molecule has 132 valence electrons. The molecule has 1 aromatic carbocycles. The van der Waals surface area contributed by atoms with Crippen molar-refractivity contribution in [3.8, 4) is 5.75 Å². The van der Waals surface area contributed by atoms with E-state index in [1.165, 1.54) is 11.8 Å². The zero-order valence-corrected chi connectivity index (χ0v) is 14.8. The third-order valence-corrected chi connectivity index (χ3v) is 4.42. The number of aliphatic hydroxyl groups is 1. The minimum atomic E-state index is -0.160. The average Bonchev–Trinajstić information content (AvgIpc) is 3.00. The van der Waals surface area contributed by atoms with Crippen LogP contribution in [0.25, 0.3) is 11.2 Å². The summed E-state index contributed by atoms with van der Waals surface area (Å²) >= 11 is 1.50. The van der Waals surface area contributed by atoms with E-state index < -0.39 is 0 Å². The Morgan fingerprint density at radius 3 is 2.96 bits per heavy atom. The van der Waals surface area contributed by atoms with Crippen LogP contribution in [0.3, 0.4) is 0 Å². The second kappa shape index (κ2) is 7.58. The fraction of sp³-hybridized carbons (Fsp3) is 0.312. The van der Waals surface area contributed by atoms with Crippen molar-refractivity contribution in [1.29, 1.82) is 0 Å². The number of anilines is 2.